The van der Waals surface area contributed by atoms with E-state index in [0.29, 0.717) is 12.1 Å². The van der Waals surface area contributed by atoms with Gasteiger partial charge in [0.15, 0.2) is 5.16 Å². The van der Waals surface area contributed by atoms with Crippen LogP contribution in [0, 0.1) is 11.3 Å². The molecule has 1 fully saturated rings. The lowest BCUT2D eigenvalue weighted by atomic mass is 10.3. The van der Waals surface area contributed by atoms with Gasteiger partial charge in [-0.15, -0.1) is 11.3 Å². The molecule has 0 aliphatic carbocycles. The maximum absolute atomic E-state index is 12.5. The van der Waals surface area contributed by atoms with E-state index in [-0.39, 0.29) is 11.2 Å². The highest BCUT2D eigenvalue weighted by Gasteiger charge is 2.35. The van der Waals surface area contributed by atoms with Crippen LogP contribution in [0.1, 0.15) is 12.0 Å². The number of thiophene rings is 1. The van der Waals surface area contributed by atoms with E-state index in [2.05, 4.69) is 11.1 Å². The van der Waals surface area contributed by atoms with Gasteiger partial charge in [-0.1, -0.05) is 11.8 Å². The first kappa shape index (κ1) is 13.2. The first-order chi connectivity index (χ1) is 9.70. The molecule has 0 N–H and O–H groups in total. The van der Waals surface area contributed by atoms with Gasteiger partial charge in [-0.2, -0.15) is 5.26 Å². The van der Waals surface area contributed by atoms with Gasteiger partial charge in [0.25, 0.3) is 0 Å². The number of amides is 1. The zero-order chi connectivity index (χ0) is 14.1. The zero-order valence-electron chi connectivity index (χ0n) is 10.8. The molecule has 2 aromatic heterocycles. The summed E-state index contributed by atoms with van der Waals surface area (Å²) >= 11 is 2.93. The Morgan fingerprint density at radius 2 is 2.45 bits per heavy atom. The molecule has 0 radical (unpaired) electrons. The summed E-state index contributed by atoms with van der Waals surface area (Å²) in [5.74, 6) is 0.0666. The number of carbonyl (C=O) groups excluding carboxylic acids is 1. The molecular formula is C13H12N4OS2. The van der Waals surface area contributed by atoms with E-state index in [9.17, 15) is 4.79 Å². The maximum atomic E-state index is 12.5. The number of imidazole rings is 1. The van der Waals surface area contributed by atoms with Crippen LogP contribution in [0.2, 0.25) is 0 Å². The van der Waals surface area contributed by atoms with Crippen molar-refractivity contribution < 1.29 is 4.79 Å². The predicted octanol–water partition coefficient (Wildman–Crippen LogP) is 2.25. The monoisotopic (exact) mass is 304 g/mol. The molecule has 3 heterocycles. The van der Waals surface area contributed by atoms with Gasteiger partial charge in [0.2, 0.25) is 5.91 Å². The van der Waals surface area contributed by atoms with Crippen molar-refractivity contribution in [1.29, 1.82) is 5.26 Å². The highest BCUT2D eigenvalue weighted by atomic mass is 32.2. The number of hydrogen-bond donors (Lipinski definition) is 0. The fourth-order valence-corrected chi connectivity index (χ4v) is 4.09. The van der Waals surface area contributed by atoms with Gasteiger partial charge >= 0.3 is 0 Å². The Balaban J connectivity index is 1.78. The molecule has 102 valence electrons. The molecule has 1 saturated heterocycles. The topological polar surface area (TPSA) is 61.9 Å². The lowest BCUT2D eigenvalue weighted by Crippen LogP contribution is -2.27. The van der Waals surface area contributed by atoms with Gasteiger partial charge in [-0.25, -0.2) is 4.98 Å². The second-order valence-corrected chi connectivity index (χ2v) is 6.52. The Hall–Kier alpha value is -1.78. The molecule has 1 amide bonds. The van der Waals surface area contributed by atoms with Crippen molar-refractivity contribution in [3.63, 3.8) is 0 Å². The molecule has 1 aliphatic rings. The quantitative estimate of drug-likeness (QED) is 0.872. The highest BCUT2D eigenvalue weighted by molar-refractivity contribution is 8.00. The van der Waals surface area contributed by atoms with Gasteiger partial charge < -0.3 is 9.47 Å². The summed E-state index contributed by atoms with van der Waals surface area (Å²) in [5.41, 5.74) is 0.575. The summed E-state index contributed by atoms with van der Waals surface area (Å²) in [6, 6.07) is 3.89. The Morgan fingerprint density at radius 1 is 1.60 bits per heavy atom. The molecule has 20 heavy (non-hydrogen) atoms. The summed E-state index contributed by atoms with van der Waals surface area (Å²) in [6.45, 7) is 0.663. The molecule has 0 spiro atoms. The first-order valence-electron chi connectivity index (χ1n) is 6.13. The van der Waals surface area contributed by atoms with Gasteiger partial charge in [0.1, 0.15) is 11.1 Å². The minimum Gasteiger partial charge on any atom is -0.329 e. The molecule has 0 unspecified atom stereocenters. The second kappa shape index (κ2) is 5.31. The van der Waals surface area contributed by atoms with Crippen LogP contribution in [-0.4, -0.2) is 27.3 Å². The van der Waals surface area contributed by atoms with Crippen molar-refractivity contribution in [3.8, 4) is 6.07 Å². The molecule has 5 nitrogen and oxygen atoms in total. The first-order valence-corrected chi connectivity index (χ1v) is 7.89. The van der Waals surface area contributed by atoms with Gasteiger partial charge in [-0.05, 0) is 17.9 Å². The molecule has 0 bridgehead atoms. The highest BCUT2D eigenvalue weighted by Crippen LogP contribution is 2.35. The average Bonchev–Trinajstić information content (AvgIpc) is 3.13. The predicted molar refractivity (Wildman–Crippen MR) is 78.9 cm³/mol. The lowest BCUT2D eigenvalue weighted by molar-refractivity contribution is -0.116. The molecule has 1 atom stereocenters. The lowest BCUT2D eigenvalue weighted by Gasteiger charge is -2.14. The standard InChI is InChI=1S/C13H12N4OS2/c1-16-6-4-15-13(16)20-10-2-5-17(11(10)18)12-9(8-14)3-7-19-12/h3-4,6-7,10H,2,5H2,1H3/t10-/m1/s1. The normalized spacial score (nSPS) is 18.5. The number of anilines is 1. The third kappa shape index (κ3) is 2.21. The molecule has 0 saturated carbocycles. The Labute approximate surface area is 124 Å². The number of aromatic nitrogens is 2. The number of hydrogen-bond acceptors (Lipinski definition) is 5. The van der Waals surface area contributed by atoms with Crippen molar-refractivity contribution in [2.45, 2.75) is 16.8 Å². The van der Waals surface area contributed by atoms with Crippen LogP contribution < -0.4 is 4.90 Å². The van der Waals surface area contributed by atoms with Crippen LogP contribution in [-0.2, 0) is 11.8 Å². The van der Waals surface area contributed by atoms with E-state index >= 15 is 0 Å². The van der Waals surface area contributed by atoms with E-state index in [0.717, 1.165) is 16.6 Å². The summed E-state index contributed by atoms with van der Waals surface area (Å²) in [7, 11) is 1.92. The van der Waals surface area contributed by atoms with Crippen molar-refractivity contribution >= 4 is 34.0 Å². The van der Waals surface area contributed by atoms with Crippen LogP contribution in [0.25, 0.3) is 0 Å². The van der Waals surface area contributed by atoms with Crippen LogP contribution in [0.4, 0.5) is 5.00 Å². The fraction of sp³-hybridized carbons (Fsp3) is 0.308. The van der Waals surface area contributed by atoms with E-state index in [1.165, 1.54) is 23.1 Å². The summed E-state index contributed by atoms with van der Waals surface area (Å²) < 4.78 is 1.91. The third-order valence-electron chi connectivity index (χ3n) is 3.19. The van der Waals surface area contributed by atoms with Crippen molar-refractivity contribution in [2.75, 3.05) is 11.4 Å². The van der Waals surface area contributed by atoms with Gasteiger partial charge in [-0.3, -0.25) is 4.79 Å². The maximum Gasteiger partial charge on any atom is 0.241 e. The number of thioether (sulfide) groups is 1. The molecule has 7 heteroatoms. The molecular weight excluding hydrogens is 292 g/mol. The minimum atomic E-state index is -0.121. The van der Waals surface area contributed by atoms with Crippen LogP contribution in [0.3, 0.4) is 0 Å². The third-order valence-corrected chi connectivity index (χ3v) is 5.45. The number of aryl methyl sites for hydroxylation is 1. The number of nitrogens with zero attached hydrogens (tertiary/aromatic N) is 4. The van der Waals surface area contributed by atoms with E-state index in [1.54, 1.807) is 17.2 Å². The number of carbonyl (C=O) groups is 1. The SMILES string of the molecule is Cn1ccnc1S[C@@H]1CCN(c2sccc2C#N)C1=O. The summed E-state index contributed by atoms with van der Waals surface area (Å²) in [6.07, 6.45) is 4.37. The molecule has 3 rings (SSSR count). The Bertz CT molecular complexity index is 685. The van der Waals surface area contributed by atoms with Gasteiger partial charge in [0, 0.05) is 26.0 Å². The van der Waals surface area contributed by atoms with Gasteiger partial charge in [0.05, 0.1) is 10.8 Å². The van der Waals surface area contributed by atoms with E-state index in [1.807, 2.05) is 23.2 Å². The van der Waals surface area contributed by atoms with Crippen molar-refractivity contribution in [3.05, 3.63) is 29.4 Å². The van der Waals surface area contributed by atoms with Crippen molar-refractivity contribution in [2.24, 2.45) is 7.05 Å². The van der Waals surface area contributed by atoms with Crippen LogP contribution in [0.5, 0.6) is 0 Å². The Kier molecular flexibility index (Phi) is 3.51. The molecule has 0 aromatic carbocycles. The number of nitriles is 1. The van der Waals surface area contributed by atoms with Crippen LogP contribution in [0.15, 0.2) is 29.0 Å². The molecule has 1 aliphatic heterocycles. The second-order valence-electron chi connectivity index (χ2n) is 4.46. The zero-order valence-corrected chi connectivity index (χ0v) is 12.4. The smallest absolute Gasteiger partial charge is 0.241 e. The van der Waals surface area contributed by atoms with E-state index < -0.39 is 0 Å². The van der Waals surface area contributed by atoms with Crippen molar-refractivity contribution in [1.82, 2.24) is 9.55 Å². The Morgan fingerprint density at radius 3 is 3.15 bits per heavy atom. The fourth-order valence-electron chi connectivity index (χ4n) is 2.15. The largest absolute Gasteiger partial charge is 0.329 e. The summed E-state index contributed by atoms with van der Waals surface area (Å²) in [4.78, 5) is 18.4. The van der Waals surface area contributed by atoms with Crippen LogP contribution >= 0.6 is 23.1 Å². The van der Waals surface area contributed by atoms with E-state index in [4.69, 9.17) is 5.26 Å². The number of rotatable bonds is 3. The molecule has 2 aromatic rings. The minimum absolute atomic E-state index is 0.0666. The average molecular weight is 304 g/mol. The summed E-state index contributed by atoms with van der Waals surface area (Å²) in [5, 5.41) is 12.4.